The number of nitrogens with zero attached hydrogens (tertiary/aromatic N) is 2. The number of hydrogen-bond acceptors (Lipinski definition) is 3. The average Bonchev–Trinajstić information content (AvgIpc) is 2.45. The van der Waals surface area contributed by atoms with Gasteiger partial charge in [0.15, 0.2) is 0 Å². The molecule has 0 saturated carbocycles. The van der Waals surface area contributed by atoms with Gasteiger partial charge in [-0.15, -0.1) is 0 Å². The Labute approximate surface area is 116 Å². The zero-order valence-electron chi connectivity index (χ0n) is 11.2. The molecule has 3 aromatic rings. The molecule has 0 amide bonds. The van der Waals surface area contributed by atoms with E-state index in [2.05, 4.69) is 5.10 Å². The van der Waals surface area contributed by atoms with Crippen LogP contribution in [0.2, 0.25) is 0 Å². The molecule has 0 spiro atoms. The zero-order valence-corrected chi connectivity index (χ0v) is 11.2. The molecule has 4 heteroatoms. The van der Waals surface area contributed by atoms with Crippen molar-refractivity contribution in [2.24, 2.45) is 0 Å². The molecule has 20 heavy (non-hydrogen) atoms. The molecule has 1 heterocycles. The van der Waals surface area contributed by atoms with Crippen molar-refractivity contribution in [3.05, 3.63) is 70.1 Å². The summed E-state index contributed by atoms with van der Waals surface area (Å²) in [4.78, 5) is 12.5. The lowest BCUT2D eigenvalue weighted by Gasteiger charge is -2.10. The maximum absolute atomic E-state index is 12.5. The maximum atomic E-state index is 12.5. The van der Waals surface area contributed by atoms with Gasteiger partial charge in [-0.3, -0.25) is 4.79 Å². The second-order valence-corrected chi connectivity index (χ2v) is 4.80. The number of aryl methyl sites for hydroxylation is 1. The van der Waals surface area contributed by atoms with Gasteiger partial charge < -0.3 is 5.73 Å². The van der Waals surface area contributed by atoms with Crippen molar-refractivity contribution in [3.63, 3.8) is 0 Å². The van der Waals surface area contributed by atoms with Crippen LogP contribution in [0.1, 0.15) is 11.3 Å². The first-order valence-electron chi connectivity index (χ1n) is 6.46. The summed E-state index contributed by atoms with van der Waals surface area (Å²) in [5, 5.41) is 5.76. The lowest BCUT2D eigenvalue weighted by molar-refractivity contribution is 0.638. The quantitative estimate of drug-likeness (QED) is 0.723. The van der Waals surface area contributed by atoms with Gasteiger partial charge in [-0.05, 0) is 18.6 Å². The number of benzene rings is 2. The van der Waals surface area contributed by atoms with Crippen molar-refractivity contribution >= 4 is 16.5 Å². The molecule has 3 rings (SSSR count). The third-order valence-electron chi connectivity index (χ3n) is 3.38. The Bertz CT molecular complexity index is 822. The standard InChI is InChI=1S/C16H15N3O/c1-11-13-8-5-9-14(17)15(13)16(20)19(18-11)10-12-6-3-2-4-7-12/h2-9H,10,17H2,1H3. The Kier molecular flexibility index (Phi) is 2.99. The van der Waals surface area contributed by atoms with Crippen LogP contribution < -0.4 is 11.3 Å². The molecule has 0 atom stereocenters. The predicted molar refractivity (Wildman–Crippen MR) is 80.7 cm³/mol. The maximum Gasteiger partial charge on any atom is 0.277 e. The van der Waals surface area contributed by atoms with Crippen molar-refractivity contribution in [2.45, 2.75) is 13.5 Å². The Hall–Kier alpha value is -2.62. The Balaban J connectivity index is 2.20. The van der Waals surface area contributed by atoms with Crippen LogP contribution in [0.4, 0.5) is 5.69 Å². The minimum absolute atomic E-state index is 0.146. The predicted octanol–water partition coefficient (Wildman–Crippen LogP) is 2.34. The van der Waals surface area contributed by atoms with Crippen LogP contribution in [-0.4, -0.2) is 9.78 Å². The van der Waals surface area contributed by atoms with Gasteiger partial charge in [0.2, 0.25) is 0 Å². The topological polar surface area (TPSA) is 60.9 Å². The molecule has 0 fully saturated rings. The van der Waals surface area contributed by atoms with Gasteiger partial charge in [-0.25, -0.2) is 4.68 Å². The summed E-state index contributed by atoms with van der Waals surface area (Å²) in [6, 6.07) is 15.3. The summed E-state index contributed by atoms with van der Waals surface area (Å²) in [5.41, 5.74) is 8.15. The van der Waals surface area contributed by atoms with Gasteiger partial charge in [0.05, 0.1) is 17.6 Å². The molecule has 0 unspecified atom stereocenters. The normalized spacial score (nSPS) is 10.8. The van der Waals surface area contributed by atoms with Crippen molar-refractivity contribution in [1.82, 2.24) is 9.78 Å². The van der Waals surface area contributed by atoms with Gasteiger partial charge in [0, 0.05) is 11.1 Å². The Morgan fingerprint density at radius 1 is 1.10 bits per heavy atom. The largest absolute Gasteiger partial charge is 0.398 e. The van der Waals surface area contributed by atoms with Crippen LogP contribution in [0.3, 0.4) is 0 Å². The highest BCUT2D eigenvalue weighted by Crippen LogP contribution is 2.18. The van der Waals surface area contributed by atoms with Crippen LogP contribution in [-0.2, 0) is 6.54 Å². The Morgan fingerprint density at radius 2 is 1.85 bits per heavy atom. The molecule has 100 valence electrons. The molecule has 2 N–H and O–H groups in total. The fourth-order valence-electron chi connectivity index (χ4n) is 2.38. The number of rotatable bonds is 2. The summed E-state index contributed by atoms with van der Waals surface area (Å²) in [6.45, 7) is 2.34. The molecule has 0 aliphatic heterocycles. The second-order valence-electron chi connectivity index (χ2n) is 4.80. The van der Waals surface area contributed by atoms with Crippen LogP contribution in [0.5, 0.6) is 0 Å². The molecule has 0 radical (unpaired) electrons. The van der Waals surface area contributed by atoms with E-state index in [4.69, 9.17) is 5.73 Å². The van der Waals surface area contributed by atoms with E-state index in [0.29, 0.717) is 17.6 Å². The lowest BCUT2D eigenvalue weighted by Crippen LogP contribution is -2.25. The first kappa shape index (κ1) is 12.4. The smallest absolute Gasteiger partial charge is 0.277 e. The number of hydrogen-bond donors (Lipinski definition) is 1. The summed E-state index contributed by atoms with van der Waals surface area (Å²) in [5.74, 6) is 0. The van der Waals surface area contributed by atoms with Gasteiger partial charge >= 0.3 is 0 Å². The van der Waals surface area contributed by atoms with Crippen LogP contribution in [0.25, 0.3) is 10.8 Å². The minimum Gasteiger partial charge on any atom is -0.398 e. The molecular weight excluding hydrogens is 250 g/mol. The summed E-state index contributed by atoms with van der Waals surface area (Å²) in [7, 11) is 0. The number of nitrogens with two attached hydrogens (primary N) is 1. The average molecular weight is 265 g/mol. The van der Waals surface area contributed by atoms with E-state index in [1.165, 1.54) is 4.68 Å². The summed E-state index contributed by atoms with van der Waals surface area (Å²) in [6.07, 6.45) is 0. The third-order valence-corrected chi connectivity index (χ3v) is 3.38. The third kappa shape index (κ3) is 2.05. The van der Waals surface area contributed by atoms with E-state index >= 15 is 0 Å². The number of anilines is 1. The van der Waals surface area contributed by atoms with Crippen molar-refractivity contribution < 1.29 is 0 Å². The number of fused-ring (bicyclic) bond motifs is 1. The van der Waals surface area contributed by atoms with Crippen LogP contribution in [0.15, 0.2) is 53.3 Å². The number of nitrogen functional groups attached to an aromatic ring is 1. The molecule has 1 aromatic heterocycles. The highest BCUT2D eigenvalue weighted by atomic mass is 16.1. The van der Waals surface area contributed by atoms with Crippen molar-refractivity contribution in [2.75, 3.05) is 5.73 Å². The van der Waals surface area contributed by atoms with Crippen LogP contribution >= 0.6 is 0 Å². The molecule has 0 aliphatic rings. The summed E-state index contributed by atoms with van der Waals surface area (Å²) < 4.78 is 1.48. The monoisotopic (exact) mass is 265 g/mol. The van der Waals surface area contributed by atoms with E-state index in [1.807, 2.05) is 49.4 Å². The molecule has 0 bridgehead atoms. The first-order valence-corrected chi connectivity index (χ1v) is 6.46. The van der Waals surface area contributed by atoms with Gasteiger partial charge in [0.1, 0.15) is 0 Å². The highest BCUT2D eigenvalue weighted by Gasteiger charge is 2.10. The molecule has 0 saturated heterocycles. The van der Waals surface area contributed by atoms with Crippen LogP contribution in [0, 0.1) is 6.92 Å². The highest BCUT2D eigenvalue weighted by molar-refractivity contribution is 5.93. The molecule has 4 nitrogen and oxygen atoms in total. The Morgan fingerprint density at radius 3 is 2.60 bits per heavy atom. The van der Waals surface area contributed by atoms with Crippen molar-refractivity contribution in [1.29, 1.82) is 0 Å². The molecule has 2 aromatic carbocycles. The minimum atomic E-state index is -0.146. The fraction of sp³-hybridized carbons (Fsp3) is 0.125. The van der Waals surface area contributed by atoms with Gasteiger partial charge in [-0.1, -0.05) is 42.5 Å². The van der Waals surface area contributed by atoms with E-state index in [-0.39, 0.29) is 5.56 Å². The van der Waals surface area contributed by atoms with Crippen molar-refractivity contribution in [3.8, 4) is 0 Å². The van der Waals surface area contributed by atoms with E-state index in [1.54, 1.807) is 6.07 Å². The first-order chi connectivity index (χ1) is 9.66. The number of aromatic nitrogens is 2. The van der Waals surface area contributed by atoms with Gasteiger partial charge in [0.25, 0.3) is 5.56 Å². The second kappa shape index (κ2) is 4.81. The lowest BCUT2D eigenvalue weighted by atomic mass is 10.1. The van der Waals surface area contributed by atoms with Gasteiger partial charge in [-0.2, -0.15) is 5.10 Å². The SMILES string of the molecule is Cc1nn(Cc2ccccc2)c(=O)c2c(N)cccc12. The zero-order chi connectivity index (χ0) is 14.1. The van der Waals surface area contributed by atoms with E-state index in [0.717, 1.165) is 16.6 Å². The van der Waals surface area contributed by atoms with E-state index < -0.39 is 0 Å². The molecule has 0 aliphatic carbocycles. The van der Waals surface area contributed by atoms with E-state index in [9.17, 15) is 4.79 Å². The summed E-state index contributed by atoms with van der Waals surface area (Å²) >= 11 is 0. The molecular formula is C16H15N3O. The fourth-order valence-corrected chi connectivity index (χ4v) is 2.38.